The van der Waals surface area contributed by atoms with Crippen LogP contribution in [0.25, 0.3) is 11.0 Å². The van der Waals surface area contributed by atoms with Gasteiger partial charge in [-0.05, 0) is 37.4 Å². The summed E-state index contributed by atoms with van der Waals surface area (Å²) in [6.07, 6.45) is 3.20. The van der Waals surface area contributed by atoms with Crippen molar-refractivity contribution in [3.05, 3.63) is 29.6 Å². The molecule has 1 heterocycles. The van der Waals surface area contributed by atoms with Gasteiger partial charge < -0.3 is 10.7 Å². The smallest absolute Gasteiger partial charge is 0.186 e. The Morgan fingerprint density at radius 1 is 1.33 bits per heavy atom. The molecule has 1 aromatic heterocycles. The molecule has 0 spiro atoms. The Morgan fingerprint density at radius 3 is 2.94 bits per heavy atom. The number of aromatic amines is 1. The fraction of sp³-hybridized carbons (Fsp3) is 0.462. The average molecular weight is 251 g/mol. The van der Waals surface area contributed by atoms with E-state index in [1.165, 1.54) is 6.07 Å². The molecule has 0 radical (unpaired) electrons. The van der Waals surface area contributed by atoms with Crippen molar-refractivity contribution in [3.8, 4) is 0 Å². The molecule has 5 heteroatoms. The van der Waals surface area contributed by atoms with Gasteiger partial charge in [0.2, 0.25) is 0 Å². The second-order valence-corrected chi connectivity index (χ2v) is 4.91. The maximum absolute atomic E-state index is 13.6. The highest BCUT2D eigenvalue weighted by Gasteiger charge is 2.30. The number of hydrogen-bond acceptors (Lipinski definition) is 2. The number of fused-ring (bicyclic) bond motifs is 1. The van der Waals surface area contributed by atoms with Gasteiger partial charge in [-0.2, -0.15) is 0 Å². The Labute approximate surface area is 103 Å². The Bertz CT molecular complexity index is 579. The van der Waals surface area contributed by atoms with E-state index in [4.69, 9.17) is 5.73 Å². The third kappa shape index (κ3) is 1.70. The van der Waals surface area contributed by atoms with Gasteiger partial charge in [-0.3, -0.25) is 0 Å². The quantitative estimate of drug-likeness (QED) is 0.862. The highest BCUT2D eigenvalue weighted by atomic mass is 19.2. The molecule has 1 aliphatic rings. The summed E-state index contributed by atoms with van der Waals surface area (Å²) in [5.41, 5.74) is 6.37. The lowest BCUT2D eigenvalue weighted by Gasteiger charge is -2.14. The largest absolute Gasteiger partial charge is 0.342 e. The minimum Gasteiger partial charge on any atom is -0.342 e. The molecule has 0 bridgehead atoms. The summed E-state index contributed by atoms with van der Waals surface area (Å²) in [7, 11) is 0. The molecule has 3 nitrogen and oxygen atoms in total. The third-order valence-electron chi connectivity index (χ3n) is 3.88. The van der Waals surface area contributed by atoms with Crippen LogP contribution in [-0.4, -0.2) is 16.5 Å². The summed E-state index contributed by atoms with van der Waals surface area (Å²) >= 11 is 0. The Kier molecular flexibility index (Phi) is 2.78. The molecule has 3 N–H and O–H groups in total. The van der Waals surface area contributed by atoms with Gasteiger partial charge in [-0.25, -0.2) is 13.8 Å². The first-order valence-electron chi connectivity index (χ1n) is 6.24. The molecule has 0 saturated heterocycles. The number of hydrogen-bond donors (Lipinski definition) is 2. The van der Waals surface area contributed by atoms with Crippen molar-refractivity contribution in [1.29, 1.82) is 0 Å². The Hall–Kier alpha value is -1.49. The average Bonchev–Trinajstić information content (AvgIpc) is 2.99. The lowest BCUT2D eigenvalue weighted by Crippen LogP contribution is -2.17. The molecule has 2 aromatic rings. The van der Waals surface area contributed by atoms with Crippen LogP contribution in [0.5, 0.6) is 0 Å². The summed E-state index contributed by atoms with van der Waals surface area (Å²) in [4.78, 5) is 7.32. The van der Waals surface area contributed by atoms with Crippen molar-refractivity contribution >= 4 is 11.0 Å². The third-order valence-corrected chi connectivity index (χ3v) is 3.88. The highest BCUT2D eigenvalue weighted by Crippen LogP contribution is 2.38. The molecule has 1 saturated carbocycles. The van der Waals surface area contributed by atoms with Crippen molar-refractivity contribution in [1.82, 2.24) is 9.97 Å². The van der Waals surface area contributed by atoms with Gasteiger partial charge in [-0.15, -0.1) is 0 Å². The molecule has 3 rings (SSSR count). The van der Waals surface area contributed by atoms with Crippen molar-refractivity contribution in [2.75, 3.05) is 6.54 Å². The number of aromatic nitrogens is 2. The van der Waals surface area contributed by atoms with Crippen LogP contribution < -0.4 is 5.73 Å². The Morgan fingerprint density at radius 2 is 2.17 bits per heavy atom. The number of nitrogens with zero attached hydrogens (tertiary/aromatic N) is 1. The zero-order valence-corrected chi connectivity index (χ0v) is 9.92. The minimum absolute atomic E-state index is 0.0904. The van der Waals surface area contributed by atoms with Crippen LogP contribution in [-0.2, 0) is 0 Å². The molecule has 0 amide bonds. The van der Waals surface area contributed by atoms with Crippen molar-refractivity contribution in [2.24, 2.45) is 11.7 Å². The van der Waals surface area contributed by atoms with Crippen LogP contribution in [0.4, 0.5) is 8.78 Å². The lowest BCUT2D eigenvalue weighted by atomic mass is 9.96. The van der Waals surface area contributed by atoms with E-state index < -0.39 is 11.6 Å². The lowest BCUT2D eigenvalue weighted by molar-refractivity contribution is 0.480. The molecule has 1 fully saturated rings. The standard InChI is InChI=1S/C13H15F2N3/c14-9-4-5-10-12(11(9)15)18-13(17-10)8-3-1-2-7(8)6-16/h4-5,7-8H,1-3,6,16H2,(H,17,18). The highest BCUT2D eigenvalue weighted by molar-refractivity contribution is 5.75. The predicted molar refractivity (Wildman–Crippen MR) is 65.1 cm³/mol. The van der Waals surface area contributed by atoms with Crippen LogP contribution in [0.3, 0.4) is 0 Å². The summed E-state index contributed by atoms with van der Waals surface area (Å²) in [5, 5.41) is 0. The summed E-state index contributed by atoms with van der Waals surface area (Å²) in [6, 6.07) is 2.64. The van der Waals surface area contributed by atoms with Crippen LogP contribution in [0.2, 0.25) is 0 Å². The number of nitrogens with two attached hydrogens (primary N) is 1. The van der Waals surface area contributed by atoms with E-state index in [0.717, 1.165) is 31.2 Å². The number of halogens is 2. The molecular weight excluding hydrogens is 236 g/mol. The van der Waals surface area contributed by atoms with Gasteiger partial charge in [0.1, 0.15) is 11.3 Å². The molecular formula is C13H15F2N3. The maximum atomic E-state index is 13.6. The first kappa shape index (κ1) is 11.6. The normalized spacial score (nSPS) is 23.9. The van der Waals surface area contributed by atoms with Crippen molar-refractivity contribution in [2.45, 2.75) is 25.2 Å². The molecule has 0 aliphatic heterocycles. The van der Waals surface area contributed by atoms with E-state index >= 15 is 0 Å². The number of imidazole rings is 1. The second kappa shape index (κ2) is 4.31. The number of nitrogens with one attached hydrogen (secondary N) is 1. The summed E-state index contributed by atoms with van der Waals surface area (Å²) in [6.45, 7) is 0.610. The van der Waals surface area contributed by atoms with Crippen LogP contribution in [0, 0.1) is 17.6 Å². The SMILES string of the molecule is NCC1CCCC1c1nc2c(F)c(F)ccc2[nH]1. The first-order valence-corrected chi connectivity index (χ1v) is 6.24. The predicted octanol–water partition coefficient (Wildman–Crippen LogP) is 2.68. The van der Waals surface area contributed by atoms with Crippen LogP contribution >= 0.6 is 0 Å². The summed E-state index contributed by atoms with van der Waals surface area (Å²) < 4.78 is 26.7. The fourth-order valence-corrected chi connectivity index (χ4v) is 2.89. The number of H-pyrrole nitrogens is 1. The minimum atomic E-state index is -0.878. The molecule has 96 valence electrons. The van der Waals surface area contributed by atoms with Crippen LogP contribution in [0.15, 0.2) is 12.1 Å². The van der Waals surface area contributed by atoms with E-state index in [9.17, 15) is 8.78 Å². The fourth-order valence-electron chi connectivity index (χ4n) is 2.89. The van der Waals surface area contributed by atoms with E-state index in [1.54, 1.807) is 0 Å². The first-order chi connectivity index (χ1) is 8.70. The molecule has 18 heavy (non-hydrogen) atoms. The van der Waals surface area contributed by atoms with Gasteiger partial charge >= 0.3 is 0 Å². The summed E-state index contributed by atoms with van der Waals surface area (Å²) in [5.74, 6) is -0.370. The van der Waals surface area contributed by atoms with Crippen molar-refractivity contribution in [3.63, 3.8) is 0 Å². The van der Waals surface area contributed by atoms with E-state index in [2.05, 4.69) is 9.97 Å². The van der Waals surface area contributed by atoms with Crippen LogP contribution in [0.1, 0.15) is 31.0 Å². The zero-order chi connectivity index (χ0) is 12.7. The molecule has 2 atom stereocenters. The van der Waals surface area contributed by atoms with Gasteiger partial charge in [0.15, 0.2) is 11.6 Å². The van der Waals surface area contributed by atoms with E-state index in [0.29, 0.717) is 18.0 Å². The molecule has 2 unspecified atom stereocenters. The molecule has 1 aliphatic carbocycles. The number of benzene rings is 1. The van der Waals surface area contributed by atoms with Gasteiger partial charge in [0.05, 0.1) is 5.52 Å². The van der Waals surface area contributed by atoms with Gasteiger partial charge in [-0.1, -0.05) is 6.42 Å². The van der Waals surface area contributed by atoms with E-state index in [-0.39, 0.29) is 11.4 Å². The monoisotopic (exact) mass is 251 g/mol. The maximum Gasteiger partial charge on any atom is 0.186 e. The topological polar surface area (TPSA) is 54.7 Å². The molecule has 1 aromatic carbocycles. The van der Waals surface area contributed by atoms with Gasteiger partial charge in [0, 0.05) is 5.92 Å². The Balaban J connectivity index is 2.06. The zero-order valence-electron chi connectivity index (χ0n) is 9.92. The van der Waals surface area contributed by atoms with Gasteiger partial charge in [0.25, 0.3) is 0 Å². The second-order valence-electron chi connectivity index (χ2n) is 4.91. The number of rotatable bonds is 2. The van der Waals surface area contributed by atoms with Crippen molar-refractivity contribution < 1.29 is 8.78 Å². The van der Waals surface area contributed by atoms with E-state index in [1.807, 2.05) is 0 Å².